The zero-order valence-electron chi connectivity index (χ0n) is 16.0. The molecule has 1 aromatic rings. The number of ketones is 1. The number of amides is 2. The molecular weight excluding hydrogens is 426 g/mol. The van der Waals surface area contributed by atoms with Gasteiger partial charge in [0.15, 0.2) is 30.8 Å². The summed E-state index contributed by atoms with van der Waals surface area (Å²) >= 11 is 1.41. The van der Waals surface area contributed by atoms with Gasteiger partial charge in [0.1, 0.15) is 28.5 Å². The molecule has 1 saturated heterocycles. The Kier molecular flexibility index (Phi) is 5.43. The molecular formula is C19H18N5O6S+. The summed E-state index contributed by atoms with van der Waals surface area (Å²) in [5.41, 5.74) is 6.50. The lowest BCUT2D eigenvalue weighted by molar-refractivity contribution is -0.688. The van der Waals surface area contributed by atoms with Crippen LogP contribution in [0, 0.1) is 0 Å². The number of anilines is 1. The second kappa shape index (κ2) is 8.06. The van der Waals surface area contributed by atoms with E-state index in [2.05, 4.69) is 10.3 Å². The lowest BCUT2D eigenvalue weighted by Crippen LogP contribution is -2.68. The number of nitrogens with one attached hydrogen (secondary N) is 1. The van der Waals surface area contributed by atoms with Crippen LogP contribution in [-0.2, 0) is 25.7 Å². The highest BCUT2D eigenvalue weighted by Gasteiger charge is 2.52. The molecule has 0 spiro atoms. The minimum absolute atomic E-state index is 0.0591. The van der Waals surface area contributed by atoms with Crippen molar-refractivity contribution in [2.45, 2.75) is 24.1 Å². The van der Waals surface area contributed by atoms with Crippen molar-refractivity contribution >= 4 is 47.2 Å². The van der Waals surface area contributed by atoms with Gasteiger partial charge in [-0.3, -0.25) is 24.3 Å². The lowest BCUT2D eigenvalue weighted by Gasteiger charge is -2.47. The summed E-state index contributed by atoms with van der Waals surface area (Å²) in [5, 5.41) is 21.2. The van der Waals surface area contributed by atoms with E-state index in [1.54, 1.807) is 29.1 Å². The van der Waals surface area contributed by atoms with Gasteiger partial charge < -0.3 is 21.3 Å². The predicted octanol–water partition coefficient (Wildman–Crippen LogP) is -1.61. The number of nitrogens with zero attached hydrogens (tertiary/aromatic N) is 3. The van der Waals surface area contributed by atoms with Gasteiger partial charge in [-0.15, -0.1) is 11.8 Å². The number of aliphatic carboxylic acids is 1. The van der Waals surface area contributed by atoms with Gasteiger partial charge in [0.2, 0.25) is 5.91 Å². The summed E-state index contributed by atoms with van der Waals surface area (Å²) in [6.07, 6.45) is 3.88. The van der Waals surface area contributed by atoms with Gasteiger partial charge in [-0.2, -0.15) is 4.57 Å². The number of aliphatic hydroxyl groups is 1. The van der Waals surface area contributed by atoms with Crippen LogP contribution in [0.15, 0.2) is 52.6 Å². The van der Waals surface area contributed by atoms with Crippen LogP contribution in [-0.4, -0.2) is 68.2 Å². The summed E-state index contributed by atoms with van der Waals surface area (Å²) in [6.45, 7) is 0.190. The number of fused-ring (bicyclic) bond motifs is 1. The molecule has 0 radical (unpaired) electrons. The van der Waals surface area contributed by atoms with Crippen LogP contribution in [0.1, 0.15) is 0 Å². The number of aromatic nitrogens is 1. The van der Waals surface area contributed by atoms with Gasteiger partial charge in [0.25, 0.3) is 5.91 Å². The number of nitrogens with two attached hydrogens (primary N) is 1. The van der Waals surface area contributed by atoms with Gasteiger partial charge >= 0.3 is 5.97 Å². The highest BCUT2D eigenvalue weighted by Crippen LogP contribution is 2.39. The number of aliphatic imine (C=N–C) groups is 1. The molecule has 0 bridgehead atoms. The normalized spacial score (nSPS) is 25.0. The molecule has 1 aromatic heterocycles. The van der Waals surface area contributed by atoms with Crippen molar-refractivity contribution in [3.63, 3.8) is 0 Å². The second-order valence-corrected chi connectivity index (χ2v) is 8.17. The first-order valence-corrected chi connectivity index (χ1v) is 10.2. The van der Waals surface area contributed by atoms with Crippen molar-refractivity contribution in [1.29, 1.82) is 0 Å². The smallest absolute Gasteiger partial charge is 0.352 e. The lowest BCUT2D eigenvalue weighted by atomic mass is 10.0. The number of hydrogen-bond donors (Lipinski definition) is 4. The average Bonchev–Trinajstić information content (AvgIpc) is 2.74. The van der Waals surface area contributed by atoms with Crippen molar-refractivity contribution in [3.05, 3.63) is 47.6 Å². The SMILES string of the molecule is N[C@@H]1C(=O)N2C(C(=O)O)=C(C[n+]3cccc(NC(=O)C4=CC(=O)C(O)C=N4)c3)CS[C@@H]12. The third kappa shape index (κ3) is 3.87. The molecule has 31 heavy (non-hydrogen) atoms. The van der Waals surface area contributed by atoms with E-state index in [0.717, 1.165) is 12.3 Å². The number of carboxylic acid groups (broad SMARTS) is 1. The summed E-state index contributed by atoms with van der Waals surface area (Å²) < 4.78 is 1.67. The fourth-order valence-corrected chi connectivity index (χ4v) is 4.70. The van der Waals surface area contributed by atoms with Crippen LogP contribution >= 0.6 is 11.8 Å². The summed E-state index contributed by atoms with van der Waals surface area (Å²) in [5.74, 6) is -2.47. The van der Waals surface area contributed by atoms with Crippen LogP contribution in [0.3, 0.4) is 0 Å². The van der Waals surface area contributed by atoms with E-state index in [4.69, 9.17) is 5.73 Å². The molecule has 1 fully saturated rings. The number of thioether (sulfide) groups is 1. The van der Waals surface area contributed by atoms with E-state index in [9.17, 15) is 29.4 Å². The maximum Gasteiger partial charge on any atom is 0.352 e. The van der Waals surface area contributed by atoms with E-state index in [-0.39, 0.29) is 23.3 Å². The number of hydrogen-bond acceptors (Lipinski definition) is 8. The minimum Gasteiger partial charge on any atom is -0.477 e. The predicted molar refractivity (Wildman–Crippen MR) is 109 cm³/mol. The molecule has 5 N–H and O–H groups in total. The molecule has 0 saturated carbocycles. The molecule has 3 aliphatic rings. The summed E-state index contributed by atoms with van der Waals surface area (Å²) in [4.78, 5) is 52.7. The number of carboxylic acids is 1. The maximum atomic E-state index is 12.3. The molecule has 3 aliphatic heterocycles. The number of pyridine rings is 1. The van der Waals surface area contributed by atoms with Crippen molar-refractivity contribution in [3.8, 4) is 0 Å². The molecule has 1 unspecified atom stereocenters. The molecule has 160 valence electrons. The fourth-order valence-electron chi connectivity index (χ4n) is 3.42. The van der Waals surface area contributed by atoms with Gasteiger partial charge in [-0.25, -0.2) is 4.79 Å². The first kappa shape index (κ1) is 20.9. The van der Waals surface area contributed by atoms with Crippen LogP contribution in [0.5, 0.6) is 0 Å². The molecule has 2 amide bonds. The topological polar surface area (TPSA) is 166 Å². The molecule has 4 rings (SSSR count). The third-order valence-electron chi connectivity index (χ3n) is 4.94. The van der Waals surface area contributed by atoms with E-state index in [1.165, 1.54) is 16.7 Å². The van der Waals surface area contributed by atoms with E-state index >= 15 is 0 Å². The van der Waals surface area contributed by atoms with Crippen LogP contribution in [0.4, 0.5) is 5.69 Å². The molecule has 0 aliphatic carbocycles. The Balaban J connectivity index is 1.52. The van der Waals surface area contributed by atoms with Crippen molar-refractivity contribution < 1.29 is 34.0 Å². The van der Waals surface area contributed by atoms with Crippen LogP contribution < -0.4 is 15.6 Å². The Morgan fingerprint density at radius 3 is 2.87 bits per heavy atom. The van der Waals surface area contributed by atoms with E-state index < -0.39 is 35.7 Å². The van der Waals surface area contributed by atoms with Gasteiger partial charge in [0, 0.05) is 29.7 Å². The number of carbonyl (C=O) groups excluding carboxylic acids is 3. The first-order valence-electron chi connectivity index (χ1n) is 9.20. The van der Waals surface area contributed by atoms with Gasteiger partial charge in [0.05, 0.1) is 0 Å². The van der Waals surface area contributed by atoms with Crippen molar-refractivity contribution in [1.82, 2.24) is 4.90 Å². The fraction of sp³-hybridized carbons (Fsp3) is 0.263. The number of β-lactam (4-membered cyclic amide) rings is 1. The number of rotatable bonds is 5. The monoisotopic (exact) mass is 444 g/mol. The molecule has 3 atom stereocenters. The largest absolute Gasteiger partial charge is 0.477 e. The zero-order valence-corrected chi connectivity index (χ0v) is 16.8. The molecule has 4 heterocycles. The summed E-state index contributed by atoms with van der Waals surface area (Å²) in [7, 11) is 0. The Hall–Kier alpha value is -3.35. The van der Waals surface area contributed by atoms with Crippen molar-refractivity contribution in [2.75, 3.05) is 11.1 Å². The minimum atomic E-state index is -1.35. The molecule has 12 heteroatoms. The quantitative estimate of drug-likeness (QED) is 0.311. The van der Waals surface area contributed by atoms with Gasteiger partial charge in [-0.05, 0) is 6.07 Å². The zero-order chi connectivity index (χ0) is 22.3. The van der Waals surface area contributed by atoms with Gasteiger partial charge in [-0.1, -0.05) is 0 Å². The van der Waals surface area contributed by atoms with Crippen molar-refractivity contribution in [2.24, 2.45) is 10.7 Å². The van der Waals surface area contributed by atoms with Crippen LogP contribution in [0.2, 0.25) is 0 Å². The standard InChI is InChI=1S/C19H17N5O6S/c20-14-17(28)24-15(19(29)30)9(8-31-18(14)24)6-23-3-1-2-10(7-23)22-16(27)11-4-12(25)13(26)5-21-11/h1-5,7,13-14,18,26H,6,8,20H2,(H-,22,27,29,30)/p+1/t13?,14-,18+/m1/s1. The molecule has 11 nitrogen and oxygen atoms in total. The van der Waals surface area contributed by atoms with E-state index in [1.807, 2.05) is 0 Å². The number of aliphatic hydroxyl groups excluding tert-OH is 1. The Labute approximate surface area is 179 Å². The Morgan fingerprint density at radius 1 is 1.39 bits per heavy atom. The second-order valence-electron chi connectivity index (χ2n) is 7.07. The maximum absolute atomic E-state index is 12.3. The number of carbonyl (C=O) groups is 4. The highest BCUT2D eigenvalue weighted by molar-refractivity contribution is 8.00. The third-order valence-corrected chi connectivity index (χ3v) is 6.30. The molecule has 0 aromatic carbocycles. The first-order chi connectivity index (χ1) is 14.8. The Morgan fingerprint density at radius 2 is 2.16 bits per heavy atom. The average molecular weight is 444 g/mol. The summed E-state index contributed by atoms with van der Waals surface area (Å²) in [6, 6.07) is 2.58. The highest BCUT2D eigenvalue weighted by atomic mass is 32.2. The van der Waals surface area contributed by atoms with Crippen LogP contribution in [0.25, 0.3) is 0 Å². The van der Waals surface area contributed by atoms with E-state index in [0.29, 0.717) is 17.0 Å². The Bertz CT molecular complexity index is 1100.